The van der Waals surface area contributed by atoms with E-state index in [0.717, 1.165) is 16.9 Å². The monoisotopic (exact) mass is 605 g/mol. The van der Waals surface area contributed by atoms with Crippen molar-refractivity contribution < 1.29 is 23.9 Å². The number of methoxy groups -OCH3 is 1. The summed E-state index contributed by atoms with van der Waals surface area (Å²) in [5.74, 6) is -1.46. The number of benzene rings is 3. The molecule has 3 aromatic carbocycles. The van der Waals surface area contributed by atoms with E-state index in [-0.39, 0.29) is 34.7 Å². The van der Waals surface area contributed by atoms with Crippen molar-refractivity contribution in [1.29, 1.82) is 0 Å². The zero-order valence-electron chi connectivity index (χ0n) is 24.0. The lowest BCUT2D eigenvalue weighted by Crippen LogP contribution is -2.41. The molecule has 3 heterocycles. The molecule has 0 saturated carbocycles. The van der Waals surface area contributed by atoms with E-state index in [1.54, 1.807) is 42.2 Å². The molecule has 0 N–H and O–H groups in total. The first kappa shape index (κ1) is 28.8. The number of aromatic nitrogens is 1. The number of nitrogens with zero attached hydrogens (tertiary/aromatic N) is 3. The third kappa shape index (κ3) is 4.88. The van der Waals surface area contributed by atoms with Gasteiger partial charge in [-0.15, -0.1) is 6.58 Å². The Morgan fingerprint density at radius 3 is 2.39 bits per heavy atom. The minimum atomic E-state index is -0.924. The number of amides is 1. The van der Waals surface area contributed by atoms with Crippen molar-refractivity contribution in [3.63, 3.8) is 0 Å². The summed E-state index contributed by atoms with van der Waals surface area (Å²) < 4.78 is 12.2. The summed E-state index contributed by atoms with van der Waals surface area (Å²) in [7, 11) is 1.29. The number of ether oxygens (including phenoxy) is 2. The number of hydrogen-bond donors (Lipinski definition) is 0. The molecule has 6 rings (SSSR count). The van der Waals surface area contributed by atoms with Gasteiger partial charge in [-0.1, -0.05) is 78.1 Å². The van der Waals surface area contributed by atoms with Crippen molar-refractivity contribution in [2.24, 2.45) is 4.99 Å². The number of allylic oxidation sites excluding steroid dienone is 1. The molecule has 1 amide bonds. The van der Waals surface area contributed by atoms with Gasteiger partial charge in [0.25, 0.3) is 11.5 Å². The van der Waals surface area contributed by atoms with Crippen LogP contribution in [0, 0.1) is 0 Å². The van der Waals surface area contributed by atoms with Crippen molar-refractivity contribution in [2.45, 2.75) is 19.6 Å². The van der Waals surface area contributed by atoms with Crippen LogP contribution in [0.1, 0.15) is 40.0 Å². The molecular formula is C34H27N3O6S. The second-order valence-corrected chi connectivity index (χ2v) is 11.2. The van der Waals surface area contributed by atoms with Gasteiger partial charge in [0.15, 0.2) is 4.80 Å². The van der Waals surface area contributed by atoms with Gasteiger partial charge in [-0.25, -0.2) is 14.6 Å². The Labute approximate surface area is 256 Å². The lowest BCUT2D eigenvalue weighted by molar-refractivity contribution is -0.140. The number of thiazole rings is 1. The second-order valence-electron chi connectivity index (χ2n) is 10.2. The zero-order valence-corrected chi connectivity index (χ0v) is 24.8. The SMILES string of the molecule is C=CCN1C(=O)C(=c2sc3n(c2=O)C(c2ccc(C(=O)OC)cc2)C(C(=O)OCc2ccccc2)=C(C)N=3)c2ccccc21. The zero-order chi connectivity index (χ0) is 31.0. The summed E-state index contributed by atoms with van der Waals surface area (Å²) in [6, 6.07) is 22.1. The summed E-state index contributed by atoms with van der Waals surface area (Å²) in [5.41, 5.74) is 3.39. The van der Waals surface area contributed by atoms with Gasteiger partial charge in [-0.05, 0) is 36.2 Å². The van der Waals surface area contributed by atoms with Gasteiger partial charge >= 0.3 is 11.9 Å². The van der Waals surface area contributed by atoms with Crippen LogP contribution in [0.2, 0.25) is 0 Å². The average Bonchev–Trinajstić information content (AvgIpc) is 3.51. The van der Waals surface area contributed by atoms with Gasteiger partial charge in [0.05, 0.1) is 41.2 Å². The van der Waals surface area contributed by atoms with Crippen LogP contribution in [0.3, 0.4) is 0 Å². The Kier molecular flexibility index (Phi) is 7.67. The van der Waals surface area contributed by atoms with Gasteiger partial charge in [-0.3, -0.25) is 14.2 Å². The van der Waals surface area contributed by atoms with Gasteiger partial charge in [0.1, 0.15) is 11.1 Å². The topological polar surface area (TPSA) is 107 Å². The summed E-state index contributed by atoms with van der Waals surface area (Å²) in [6.45, 7) is 5.78. The van der Waals surface area contributed by atoms with Crippen molar-refractivity contribution >= 4 is 40.4 Å². The van der Waals surface area contributed by atoms with E-state index in [9.17, 15) is 19.2 Å². The molecule has 0 saturated heterocycles. The van der Waals surface area contributed by atoms with Crippen LogP contribution in [-0.2, 0) is 25.7 Å². The summed E-state index contributed by atoms with van der Waals surface area (Å²) in [5, 5.41) is 0. The summed E-state index contributed by atoms with van der Waals surface area (Å²) in [4.78, 5) is 60.4. The lowest BCUT2D eigenvalue weighted by atomic mass is 9.95. The molecule has 9 nitrogen and oxygen atoms in total. The lowest BCUT2D eigenvalue weighted by Gasteiger charge is -2.25. The highest BCUT2D eigenvalue weighted by Gasteiger charge is 2.37. The number of anilines is 1. The molecule has 10 heteroatoms. The van der Waals surface area contributed by atoms with E-state index in [1.165, 1.54) is 11.7 Å². The highest BCUT2D eigenvalue weighted by atomic mass is 32.1. The molecule has 1 aromatic heterocycles. The van der Waals surface area contributed by atoms with E-state index in [4.69, 9.17) is 9.47 Å². The Hall–Kier alpha value is -5.35. The van der Waals surface area contributed by atoms with E-state index < -0.39 is 23.5 Å². The molecule has 2 aliphatic rings. The Morgan fingerprint density at radius 2 is 1.68 bits per heavy atom. The predicted octanol–water partition coefficient (Wildman–Crippen LogP) is 3.67. The fourth-order valence-corrected chi connectivity index (χ4v) is 6.62. The summed E-state index contributed by atoms with van der Waals surface area (Å²) in [6.07, 6.45) is 1.63. The van der Waals surface area contributed by atoms with E-state index in [1.807, 2.05) is 54.6 Å². The maximum absolute atomic E-state index is 14.3. The number of rotatable bonds is 7. The molecule has 0 radical (unpaired) electrons. The fraction of sp³-hybridized carbons (Fsp3) is 0.147. The molecular weight excluding hydrogens is 578 g/mol. The van der Waals surface area contributed by atoms with Crippen LogP contribution in [-0.4, -0.2) is 36.1 Å². The predicted molar refractivity (Wildman–Crippen MR) is 166 cm³/mol. The van der Waals surface area contributed by atoms with Gasteiger partial charge in [-0.2, -0.15) is 0 Å². The third-order valence-electron chi connectivity index (χ3n) is 7.54. The highest BCUT2D eigenvalue weighted by molar-refractivity contribution is 7.07. The molecule has 1 unspecified atom stereocenters. The number of carbonyl (C=O) groups excluding carboxylic acids is 3. The molecule has 0 spiro atoms. The van der Waals surface area contributed by atoms with Gasteiger partial charge < -0.3 is 14.4 Å². The number of carbonyl (C=O) groups is 3. The average molecular weight is 606 g/mol. The van der Waals surface area contributed by atoms with E-state index in [0.29, 0.717) is 32.9 Å². The molecule has 2 aliphatic heterocycles. The van der Waals surface area contributed by atoms with Gasteiger partial charge in [0.2, 0.25) is 0 Å². The minimum Gasteiger partial charge on any atom is -0.465 e. The number of fused-ring (bicyclic) bond motifs is 2. The van der Waals surface area contributed by atoms with Crippen molar-refractivity contribution in [1.82, 2.24) is 4.57 Å². The summed E-state index contributed by atoms with van der Waals surface area (Å²) >= 11 is 1.10. The largest absolute Gasteiger partial charge is 0.465 e. The molecule has 44 heavy (non-hydrogen) atoms. The van der Waals surface area contributed by atoms with Gasteiger partial charge in [0, 0.05) is 12.1 Å². The number of para-hydroxylation sites is 1. The Balaban J connectivity index is 1.53. The Bertz CT molecular complexity index is 2040. The smallest absolute Gasteiger partial charge is 0.338 e. The van der Waals surface area contributed by atoms with Crippen LogP contribution < -0.4 is 19.8 Å². The van der Waals surface area contributed by atoms with Crippen molar-refractivity contribution in [2.75, 3.05) is 18.6 Å². The fourth-order valence-electron chi connectivity index (χ4n) is 5.48. The molecule has 220 valence electrons. The molecule has 0 bridgehead atoms. The maximum Gasteiger partial charge on any atom is 0.338 e. The van der Waals surface area contributed by atoms with Crippen LogP contribution in [0.25, 0.3) is 5.57 Å². The first-order valence-electron chi connectivity index (χ1n) is 13.8. The normalized spacial score (nSPS) is 16.6. The van der Waals surface area contributed by atoms with Crippen molar-refractivity contribution in [3.8, 4) is 0 Å². The highest BCUT2D eigenvalue weighted by Crippen LogP contribution is 2.35. The second kappa shape index (κ2) is 11.7. The maximum atomic E-state index is 14.3. The number of hydrogen-bond acceptors (Lipinski definition) is 8. The quantitative estimate of drug-likeness (QED) is 0.235. The van der Waals surface area contributed by atoms with Crippen LogP contribution in [0.4, 0.5) is 5.69 Å². The van der Waals surface area contributed by atoms with Crippen LogP contribution in [0.15, 0.2) is 113 Å². The molecule has 1 atom stereocenters. The third-order valence-corrected chi connectivity index (χ3v) is 8.59. The molecule has 0 aliphatic carbocycles. The van der Waals surface area contributed by atoms with Crippen LogP contribution in [0.5, 0.6) is 0 Å². The van der Waals surface area contributed by atoms with E-state index >= 15 is 0 Å². The molecule has 4 aromatic rings. The van der Waals surface area contributed by atoms with Crippen molar-refractivity contribution in [3.05, 3.63) is 145 Å². The van der Waals surface area contributed by atoms with Crippen LogP contribution >= 0.6 is 11.3 Å². The number of esters is 2. The molecule has 0 fully saturated rings. The Morgan fingerprint density at radius 1 is 0.977 bits per heavy atom. The van der Waals surface area contributed by atoms with E-state index in [2.05, 4.69) is 11.6 Å². The first-order chi connectivity index (χ1) is 21.3. The first-order valence-corrected chi connectivity index (χ1v) is 14.6. The minimum absolute atomic E-state index is 0.0312. The standard InChI is InChI=1S/C34H27N3O6S/c1-4-18-36-25-13-9-8-12-24(25)27(30(36)38)29-31(39)37-28(22-14-16-23(17-15-22)32(40)42-3)26(20(2)35-34(37)44-29)33(41)43-19-21-10-6-5-7-11-21/h4-17,28H,1,18-19H2,2-3H3.